The van der Waals surface area contributed by atoms with Crippen molar-refractivity contribution in [3.63, 3.8) is 0 Å². The van der Waals surface area contributed by atoms with E-state index in [1.807, 2.05) is 0 Å². The summed E-state index contributed by atoms with van der Waals surface area (Å²) in [6.45, 7) is 0. The van der Waals surface area contributed by atoms with Crippen molar-refractivity contribution in [3.05, 3.63) is 71.1 Å². The van der Waals surface area contributed by atoms with Crippen molar-refractivity contribution in [3.8, 4) is 11.3 Å². The number of nitrogens with zero attached hydrogens (tertiary/aromatic N) is 2. The molecule has 0 bridgehead atoms. The van der Waals surface area contributed by atoms with Crippen LogP contribution >= 0.6 is 0 Å². The van der Waals surface area contributed by atoms with Gasteiger partial charge in [-0.25, -0.2) is 13.8 Å². The van der Waals surface area contributed by atoms with Gasteiger partial charge in [-0.05, 0) is 24.3 Å². The molecule has 0 fully saturated rings. The molecule has 1 aliphatic rings. The number of benzene rings is 2. The van der Waals surface area contributed by atoms with Gasteiger partial charge in [0.1, 0.15) is 17.3 Å². The largest absolute Gasteiger partial charge is 0.416 e. The van der Waals surface area contributed by atoms with E-state index in [1.54, 1.807) is 0 Å². The van der Waals surface area contributed by atoms with Gasteiger partial charge in [0.15, 0.2) is 0 Å². The van der Waals surface area contributed by atoms with Crippen LogP contribution in [-0.2, 0) is 6.18 Å². The molecular formula is C19H9F5N4. The van der Waals surface area contributed by atoms with Gasteiger partial charge in [-0.2, -0.15) is 18.3 Å². The van der Waals surface area contributed by atoms with Gasteiger partial charge in [-0.1, -0.05) is 6.07 Å². The van der Waals surface area contributed by atoms with Crippen LogP contribution in [0.5, 0.6) is 0 Å². The molecule has 0 amide bonds. The third-order valence-electron chi connectivity index (χ3n) is 4.68. The standard InChI is InChI=1S/C19H9F5N4/c20-11-2-1-3-12(21)16(11)18-10-6-25-13-5-8(19(22,23)24)4-9(15(10)13)17-14(27-18)7-26-28-17/h1-7,25H,(H,26,28). The first-order valence-electron chi connectivity index (χ1n) is 8.14. The van der Waals surface area contributed by atoms with Gasteiger partial charge in [0.05, 0.1) is 28.7 Å². The van der Waals surface area contributed by atoms with Gasteiger partial charge in [0, 0.05) is 28.2 Å². The quantitative estimate of drug-likeness (QED) is 0.374. The summed E-state index contributed by atoms with van der Waals surface area (Å²) in [6.07, 6.45) is -1.86. The Kier molecular flexibility index (Phi) is 3.28. The molecule has 4 nitrogen and oxygen atoms in total. The zero-order valence-corrected chi connectivity index (χ0v) is 13.8. The summed E-state index contributed by atoms with van der Waals surface area (Å²) in [4.78, 5) is 7.10. The second-order valence-corrected chi connectivity index (χ2v) is 6.33. The van der Waals surface area contributed by atoms with E-state index in [0.717, 1.165) is 24.3 Å². The molecule has 9 heteroatoms. The Bertz CT molecular complexity index is 1260. The highest BCUT2D eigenvalue weighted by atomic mass is 19.4. The number of halogens is 5. The molecule has 0 saturated carbocycles. The summed E-state index contributed by atoms with van der Waals surface area (Å²) >= 11 is 0. The fourth-order valence-corrected chi connectivity index (χ4v) is 3.47. The Hall–Kier alpha value is -3.49. The molecule has 0 unspecified atom stereocenters. The van der Waals surface area contributed by atoms with Crippen LogP contribution in [0, 0.1) is 11.6 Å². The average Bonchev–Trinajstić information content (AvgIpc) is 3.23. The van der Waals surface area contributed by atoms with Crippen LogP contribution in [0.3, 0.4) is 0 Å². The fourth-order valence-electron chi connectivity index (χ4n) is 3.47. The lowest BCUT2D eigenvalue weighted by atomic mass is 9.96. The third kappa shape index (κ3) is 2.29. The number of fused-ring (bicyclic) bond motifs is 2. The first-order chi connectivity index (χ1) is 13.3. The minimum absolute atomic E-state index is 0.0250. The topological polar surface area (TPSA) is 56.8 Å². The molecule has 0 saturated heterocycles. The van der Waals surface area contributed by atoms with E-state index in [9.17, 15) is 22.0 Å². The maximum Gasteiger partial charge on any atom is 0.416 e. The number of hydrogen-bond acceptors (Lipinski definition) is 2. The molecule has 0 spiro atoms. The molecule has 28 heavy (non-hydrogen) atoms. The molecule has 0 aliphatic carbocycles. The molecule has 3 heterocycles. The zero-order valence-electron chi connectivity index (χ0n) is 13.8. The van der Waals surface area contributed by atoms with E-state index in [4.69, 9.17) is 0 Å². The minimum Gasteiger partial charge on any atom is -0.360 e. The molecule has 0 radical (unpaired) electrons. The van der Waals surface area contributed by atoms with Gasteiger partial charge >= 0.3 is 6.18 Å². The molecular weight excluding hydrogens is 379 g/mol. The molecule has 0 atom stereocenters. The van der Waals surface area contributed by atoms with Crippen LogP contribution in [0.1, 0.15) is 16.7 Å². The van der Waals surface area contributed by atoms with Crippen molar-refractivity contribution in [1.82, 2.24) is 15.2 Å². The Balaban J connectivity index is 1.91. The molecule has 2 N–H and O–H groups in total. The monoisotopic (exact) mass is 388 g/mol. The minimum atomic E-state index is -4.57. The lowest BCUT2D eigenvalue weighted by Crippen LogP contribution is -2.08. The summed E-state index contributed by atoms with van der Waals surface area (Å²) < 4.78 is 68.9. The van der Waals surface area contributed by atoms with Crippen molar-refractivity contribution in [2.75, 3.05) is 0 Å². The van der Waals surface area contributed by atoms with Gasteiger partial charge < -0.3 is 4.98 Å². The van der Waals surface area contributed by atoms with Gasteiger partial charge in [-0.3, -0.25) is 5.10 Å². The molecule has 2 aromatic carbocycles. The molecule has 140 valence electrons. The summed E-state index contributed by atoms with van der Waals surface area (Å²) in [5.74, 6) is -1.65. The number of H-pyrrole nitrogens is 2. The van der Waals surface area contributed by atoms with E-state index in [0.29, 0.717) is 10.9 Å². The Morgan fingerprint density at radius 1 is 0.964 bits per heavy atom. The second-order valence-electron chi connectivity index (χ2n) is 6.33. The van der Waals surface area contributed by atoms with E-state index >= 15 is 0 Å². The zero-order chi connectivity index (χ0) is 19.6. The lowest BCUT2D eigenvalue weighted by Gasteiger charge is -2.10. The number of aliphatic imine (C=N–C) groups is 1. The van der Waals surface area contributed by atoms with Crippen LogP contribution in [0.4, 0.5) is 27.6 Å². The van der Waals surface area contributed by atoms with Crippen LogP contribution < -0.4 is 0 Å². The highest BCUT2D eigenvalue weighted by molar-refractivity contribution is 6.24. The third-order valence-corrected chi connectivity index (χ3v) is 4.68. The first-order valence-corrected chi connectivity index (χ1v) is 8.14. The number of rotatable bonds is 1. The predicted molar refractivity (Wildman–Crippen MR) is 92.5 cm³/mol. The van der Waals surface area contributed by atoms with Crippen molar-refractivity contribution < 1.29 is 22.0 Å². The number of nitrogens with one attached hydrogen (secondary N) is 2. The highest BCUT2D eigenvalue weighted by Crippen LogP contribution is 2.43. The number of alkyl halides is 3. The van der Waals surface area contributed by atoms with Crippen LogP contribution in [0.2, 0.25) is 0 Å². The van der Waals surface area contributed by atoms with E-state index in [2.05, 4.69) is 20.2 Å². The summed E-state index contributed by atoms with van der Waals surface area (Å²) in [5.41, 5.74) is -0.142. The maximum atomic E-state index is 14.5. The van der Waals surface area contributed by atoms with Crippen LogP contribution in [0.25, 0.3) is 22.2 Å². The average molecular weight is 388 g/mol. The van der Waals surface area contributed by atoms with Crippen molar-refractivity contribution in [2.24, 2.45) is 4.99 Å². The Morgan fingerprint density at radius 2 is 1.71 bits per heavy atom. The first kappa shape index (κ1) is 16.7. The fraction of sp³-hybridized carbons (Fsp3) is 0.0526. The van der Waals surface area contributed by atoms with Crippen molar-refractivity contribution in [2.45, 2.75) is 6.18 Å². The van der Waals surface area contributed by atoms with E-state index in [1.165, 1.54) is 18.5 Å². The molecule has 4 aromatic rings. The Labute approximate surface area is 153 Å². The second kappa shape index (κ2) is 5.51. The smallest absolute Gasteiger partial charge is 0.360 e. The summed E-state index contributed by atoms with van der Waals surface area (Å²) in [6, 6.07) is 5.36. The number of aromatic amines is 2. The van der Waals surface area contributed by atoms with Crippen molar-refractivity contribution >= 4 is 22.3 Å². The van der Waals surface area contributed by atoms with Gasteiger partial charge in [-0.15, -0.1) is 0 Å². The van der Waals surface area contributed by atoms with E-state index < -0.39 is 23.4 Å². The summed E-state index contributed by atoms with van der Waals surface area (Å²) in [7, 11) is 0. The number of hydrogen-bond donors (Lipinski definition) is 2. The van der Waals surface area contributed by atoms with E-state index in [-0.39, 0.29) is 33.7 Å². The van der Waals surface area contributed by atoms with Gasteiger partial charge in [0.25, 0.3) is 0 Å². The molecule has 2 aromatic heterocycles. The van der Waals surface area contributed by atoms with Crippen LogP contribution in [0.15, 0.2) is 47.7 Å². The molecule has 1 aliphatic heterocycles. The van der Waals surface area contributed by atoms with Crippen molar-refractivity contribution in [1.29, 1.82) is 0 Å². The normalized spacial score (nSPS) is 13.4. The summed E-state index contributed by atoms with van der Waals surface area (Å²) in [5, 5.41) is 6.86. The Morgan fingerprint density at radius 3 is 2.43 bits per heavy atom. The molecule has 5 rings (SSSR count). The maximum absolute atomic E-state index is 14.5. The lowest BCUT2D eigenvalue weighted by molar-refractivity contribution is -0.137. The number of aromatic nitrogens is 3. The predicted octanol–water partition coefficient (Wildman–Crippen LogP) is 5.34. The SMILES string of the molecule is Fc1cccc(F)c1C1=Nc2cn[nH]c2-c2cc(C(F)(F)F)cc3[nH]cc1c23. The van der Waals surface area contributed by atoms with Gasteiger partial charge in [0.2, 0.25) is 0 Å². The van der Waals surface area contributed by atoms with Crippen LogP contribution in [-0.4, -0.2) is 20.9 Å². The highest BCUT2D eigenvalue weighted by Gasteiger charge is 2.34.